The molecule has 0 unspecified atom stereocenters. The number of carboxylic acid groups (broad SMARTS) is 1. The molecule has 2 aliphatic rings. The van der Waals surface area contributed by atoms with E-state index < -0.39 is 29.7 Å². The first-order valence-corrected chi connectivity index (χ1v) is 11.8. The number of benzene rings is 2. The molecule has 2 fully saturated rings. The third kappa shape index (κ3) is 5.71. The Morgan fingerprint density at radius 1 is 1.15 bits per heavy atom. The molecule has 178 valence electrons. The highest BCUT2D eigenvalue weighted by atomic mass is 19.1. The molecule has 5 nitrogen and oxygen atoms in total. The summed E-state index contributed by atoms with van der Waals surface area (Å²) in [5.41, 5.74) is 3.06. The molecule has 4 rings (SSSR count). The molecule has 1 saturated carbocycles. The summed E-state index contributed by atoms with van der Waals surface area (Å²) >= 11 is 0. The van der Waals surface area contributed by atoms with E-state index in [2.05, 4.69) is 34.9 Å². The molecule has 0 spiro atoms. The fourth-order valence-electron chi connectivity index (χ4n) is 5.29. The molecule has 0 amide bonds. The van der Waals surface area contributed by atoms with Gasteiger partial charge >= 0.3 is 5.97 Å². The molecule has 1 saturated heterocycles. The number of hydrogen-bond donors (Lipinski definition) is 3. The average molecular weight is 459 g/mol. The van der Waals surface area contributed by atoms with Gasteiger partial charge in [-0.25, -0.2) is 8.78 Å². The summed E-state index contributed by atoms with van der Waals surface area (Å²) in [5, 5.41) is 15.2. The van der Waals surface area contributed by atoms with E-state index in [0.717, 1.165) is 38.3 Å². The van der Waals surface area contributed by atoms with E-state index in [1.165, 1.54) is 17.2 Å². The molecule has 3 N–H and O–H groups in total. The van der Waals surface area contributed by atoms with Gasteiger partial charge in [0.2, 0.25) is 0 Å². The second kappa shape index (κ2) is 10.6. The van der Waals surface area contributed by atoms with Crippen LogP contribution in [0.15, 0.2) is 36.4 Å². The van der Waals surface area contributed by atoms with Crippen molar-refractivity contribution in [3.63, 3.8) is 0 Å². The van der Waals surface area contributed by atoms with Gasteiger partial charge in [-0.1, -0.05) is 24.3 Å². The Balaban J connectivity index is 1.38. The maximum atomic E-state index is 15.2. The van der Waals surface area contributed by atoms with Crippen molar-refractivity contribution in [1.82, 2.24) is 10.6 Å². The second-order valence-electron chi connectivity index (χ2n) is 9.30. The van der Waals surface area contributed by atoms with Gasteiger partial charge in [0.15, 0.2) is 11.6 Å². The standard InChI is InChI=1S/C26H32F2N2O3/c1-29-14-18-4-2-3-5-22(18)17-8-6-16(7-9-17)10-19-11-20(27)12-24(25(19)28)33-21-13-23(26(31)32)30-15-21/h2-5,11-12,16-17,21,23,29-30H,6-10,13-15H2,1H3,(H,31,32)/t16?,17?,21-,23-/m0/s1. The summed E-state index contributed by atoms with van der Waals surface area (Å²) in [6, 6.07) is 10.1. The van der Waals surface area contributed by atoms with Crippen LogP contribution in [0.4, 0.5) is 8.78 Å². The number of aliphatic carboxylic acids is 1. The Labute approximate surface area is 193 Å². The molecular formula is C26H32F2N2O3. The van der Waals surface area contributed by atoms with Crippen LogP contribution in [0, 0.1) is 17.6 Å². The molecule has 1 aliphatic heterocycles. The molecule has 33 heavy (non-hydrogen) atoms. The normalized spacial score (nSPS) is 25.2. The SMILES string of the molecule is CNCc1ccccc1C1CCC(Cc2cc(F)cc(O[C@@H]3CN[C@H](C(=O)O)C3)c2F)CC1. The number of hydrogen-bond acceptors (Lipinski definition) is 4. The van der Waals surface area contributed by atoms with Crippen LogP contribution in [0.1, 0.15) is 54.7 Å². The van der Waals surface area contributed by atoms with E-state index in [0.29, 0.717) is 30.4 Å². The Bertz CT molecular complexity index is 976. The quantitative estimate of drug-likeness (QED) is 0.547. The lowest BCUT2D eigenvalue weighted by Crippen LogP contribution is -2.30. The fourth-order valence-corrected chi connectivity index (χ4v) is 5.29. The van der Waals surface area contributed by atoms with Crippen LogP contribution in [-0.2, 0) is 17.8 Å². The van der Waals surface area contributed by atoms with Gasteiger partial charge in [0.05, 0.1) is 0 Å². The minimum Gasteiger partial charge on any atom is -0.486 e. The van der Waals surface area contributed by atoms with Crippen molar-refractivity contribution in [2.24, 2.45) is 5.92 Å². The van der Waals surface area contributed by atoms with Crippen molar-refractivity contribution in [2.45, 2.75) is 63.1 Å². The van der Waals surface area contributed by atoms with Crippen molar-refractivity contribution >= 4 is 5.97 Å². The Hall–Kier alpha value is -2.51. The zero-order valence-electron chi connectivity index (χ0n) is 18.9. The van der Waals surface area contributed by atoms with E-state index in [9.17, 15) is 9.18 Å². The van der Waals surface area contributed by atoms with E-state index in [-0.39, 0.29) is 12.2 Å². The van der Waals surface area contributed by atoms with Crippen LogP contribution < -0.4 is 15.4 Å². The third-order valence-corrected chi connectivity index (χ3v) is 6.98. The molecule has 2 atom stereocenters. The highest BCUT2D eigenvalue weighted by Gasteiger charge is 2.32. The minimum atomic E-state index is -0.967. The number of halogens is 2. The summed E-state index contributed by atoms with van der Waals surface area (Å²) in [6.07, 6.45) is 4.22. The maximum absolute atomic E-state index is 15.2. The number of rotatable bonds is 8. The van der Waals surface area contributed by atoms with Crippen LogP contribution >= 0.6 is 0 Å². The smallest absolute Gasteiger partial charge is 0.320 e. The van der Waals surface area contributed by atoms with Crippen LogP contribution in [0.2, 0.25) is 0 Å². The van der Waals surface area contributed by atoms with Gasteiger partial charge in [-0.15, -0.1) is 0 Å². The van der Waals surface area contributed by atoms with Gasteiger partial charge in [0, 0.05) is 25.6 Å². The van der Waals surface area contributed by atoms with Crippen LogP contribution in [0.5, 0.6) is 5.75 Å². The first kappa shape index (κ1) is 23.6. The van der Waals surface area contributed by atoms with E-state index in [4.69, 9.17) is 9.84 Å². The van der Waals surface area contributed by atoms with Gasteiger partial charge in [0.1, 0.15) is 18.0 Å². The van der Waals surface area contributed by atoms with Crippen LogP contribution in [0.3, 0.4) is 0 Å². The lowest BCUT2D eigenvalue weighted by molar-refractivity contribution is -0.139. The van der Waals surface area contributed by atoms with Gasteiger partial charge in [-0.05, 0) is 73.7 Å². The summed E-state index contributed by atoms with van der Waals surface area (Å²) in [6.45, 7) is 1.14. The number of nitrogens with one attached hydrogen (secondary N) is 2. The lowest BCUT2D eigenvalue weighted by Gasteiger charge is -2.30. The Morgan fingerprint density at radius 3 is 2.61 bits per heavy atom. The van der Waals surface area contributed by atoms with E-state index in [1.807, 2.05) is 7.05 Å². The molecule has 2 aromatic carbocycles. The van der Waals surface area contributed by atoms with Gasteiger partial charge in [-0.3, -0.25) is 4.79 Å². The maximum Gasteiger partial charge on any atom is 0.320 e. The van der Waals surface area contributed by atoms with Gasteiger partial charge < -0.3 is 20.5 Å². The first-order chi connectivity index (χ1) is 15.9. The summed E-state index contributed by atoms with van der Waals surface area (Å²) in [4.78, 5) is 11.1. The Kier molecular flexibility index (Phi) is 7.60. The van der Waals surface area contributed by atoms with E-state index in [1.54, 1.807) is 0 Å². The predicted octanol–water partition coefficient (Wildman–Crippen LogP) is 4.39. The van der Waals surface area contributed by atoms with Gasteiger partial charge in [0.25, 0.3) is 0 Å². The minimum absolute atomic E-state index is 0.127. The van der Waals surface area contributed by atoms with Gasteiger partial charge in [-0.2, -0.15) is 0 Å². The van der Waals surface area contributed by atoms with Crippen molar-refractivity contribution in [3.8, 4) is 5.75 Å². The molecule has 0 aromatic heterocycles. The van der Waals surface area contributed by atoms with Crippen molar-refractivity contribution in [1.29, 1.82) is 0 Å². The van der Waals surface area contributed by atoms with Crippen molar-refractivity contribution in [2.75, 3.05) is 13.6 Å². The molecule has 0 bridgehead atoms. The topological polar surface area (TPSA) is 70.6 Å². The fraction of sp³-hybridized carbons (Fsp3) is 0.500. The summed E-state index contributed by atoms with van der Waals surface area (Å²) in [7, 11) is 1.95. The zero-order valence-corrected chi connectivity index (χ0v) is 18.9. The van der Waals surface area contributed by atoms with E-state index >= 15 is 4.39 Å². The molecule has 2 aromatic rings. The predicted molar refractivity (Wildman–Crippen MR) is 122 cm³/mol. The lowest BCUT2D eigenvalue weighted by atomic mass is 9.75. The van der Waals surface area contributed by atoms with Crippen molar-refractivity contribution in [3.05, 3.63) is 64.7 Å². The first-order valence-electron chi connectivity index (χ1n) is 11.8. The molecule has 1 aliphatic carbocycles. The zero-order chi connectivity index (χ0) is 23.4. The third-order valence-electron chi connectivity index (χ3n) is 6.98. The number of ether oxygens (including phenoxy) is 1. The van der Waals surface area contributed by atoms with Crippen molar-refractivity contribution < 1.29 is 23.4 Å². The number of carbonyl (C=O) groups is 1. The largest absolute Gasteiger partial charge is 0.486 e. The Morgan fingerprint density at radius 2 is 1.91 bits per heavy atom. The highest BCUT2D eigenvalue weighted by Crippen LogP contribution is 2.39. The summed E-state index contributed by atoms with van der Waals surface area (Å²) < 4.78 is 35.1. The molecular weight excluding hydrogens is 426 g/mol. The van der Waals surface area contributed by atoms with Crippen LogP contribution in [-0.4, -0.2) is 36.8 Å². The monoisotopic (exact) mass is 458 g/mol. The summed E-state index contributed by atoms with van der Waals surface area (Å²) in [5.74, 6) is -1.36. The molecule has 1 heterocycles. The number of carboxylic acids is 1. The molecule has 7 heteroatoms. The second-order valence-corrected chi connectivity index (χ2v) is 9.30. The van der Waals surface area contributed by atoms with Crippen LogP contribution in [0.25, 0.3) is 0 Å². The molecule has 0 radical (unpaired) electrons. The highest BCUT2D eigenvalue weighted by molar-refractivity contribution is 5.73. The average Bonchev–Trinajstić information content (AvgIpc) is 3.27.